The second-order valence-corrected chi connectivity index (χ2v) is 7.71. The van der Waals surface area contributed by atoms with Gasteiger partial charge in [0, 0.05) is 11.1 Å². The van der Waals surface area contributed by atoms with Crippen LogP contribution in [0.5, 0.6) is 11.5 Å². The molecule has 4 aromatic rings. The lowest BCUT2D eigenvalue weighted by atomic mass is 9.98. The van der Waals surface area contributed by atoms with E-state index in [9.17, 15) is 0 Å². The van der Waals surface area contributed by atoms with Crippen LogP contribution in [-0.2, 0) is 0 Å². The van der Waals surface area contributed by atoms with Crippen LogP contribution in [0.25, 0.3) is 33.7 Å². The second kappa shape index (κ2) is 5.95. The van der Waals surface area contributed by atoms with Gasteiger partial charge < -0.3 is 9.47 Å². The lowest BCUT2D eigenvalue weighted by molar-refractivity contribution is 0.174. The Bertz CT molecular complexity index is 1350. The van der Waals surface area contributed by atoms with Gasteiger partial charge in [-0.2, -0.15) is 0 Å². The summed E-state index contributed by atoms with van der Waals surface area (Å²) in [5, 5.41) is 1.22. The Hall–Kier alpha value is -3.59. The van der Waals surface area contributed by atoms with E-state index in [1.54, 1.807) is 0 Å². The van der Waals surface area contributed by atoms with E-state index in [0.29, 0.717) is 0 Å². The molecule has 2 aliphatic rings. The summed E-state index contributed by atoms with van der Waals surface area (Å²) in [6.45, 7) is 4.50. The fourth-order valence-electron chi connectivity index (χ4n) is 4.48. The van der Waals surface area contributed by atoms with Crippen LogP contribution in [-0.4, -0.2) is 11.8 Å². The number of hydrogen-bond acceptors (Lipinski definition) is 3. The summed E-state index contributed by atoms with van der Waals surface area (Å²) in [5.41, 5.74) is 10.7. The smallest absolute Gasteiger partial charge is 0.231 e. The van der Waals surface area contributed by atoms with E-state index in [0.717, 1.165) is 28.3 Å². The number of rotatable bonds is 1. The first kappa shape index (κ1) is 16.4. The molecule has 3 nitrogen and oxygen atoms in total. The summed E-state index contributed by atoms with van der Waals surface area (Å²) in [7, 11) is 0. The van der Waals surface area contributed by atoms with Gasteiger partial charge in [-0.15, -0.1) is 0 Å². The molecular weight excluding hydrogens is 358 g/mol. The summed E-state index contributed by atoms with van der Waals surface area (Å²) < 4.78 is 11.0. The Balaban J connectivity index is 1.61. The number of nitrogens with zero attached hydrogens (tertiary/aromatic N) is 1. The van der Waals surface area contributed by atoms with Crippen molar-refractivity contribution in [3.05, 3.63) is 88.6 Å². The van der Waals surface area contributed by atoms with Crippen LogP contribution in [0.15, 0.2) is 60.7 Å². The molecule has 0 unspecified atom stereocenters. The van der Waals surface area contributed by atoms with Gasteiger partial charge in [0.05, 0.1) is 5.52 Å². The number of aryl methyl sites for hydroxylation is 2. The number of ether oxygens (including phenoxy) is 2. The van der Waals surface area contributed by atoms with Crippen LogP contribution in [0, 0.1) is 13.8 Å². The van der Waals surface area contributed by atoms with E-state index in [-0.39, 0.29) is 6.79 Å². The molecule has 1 aromatic heterocycles. The van der Waals surface area contributed by atoms with Crippen LogP contribution in [0.3, 0.4) is 0 Å². The number of hydrogen-bond donors (Lipinski definition) is 0. The average Bonchev–Trinajstić information content (AvgIpc) is 3.30. The van der Waals surface area contributed by atoms with E-state index in [1.807, 2.05) is 12.1 Å². The highest BCUT2D eigenvalue weighted by molar-refractivity contribution is 6.09. The van der Waals surface area contributed by atoms with Gasteiger partial charge in [0.1, 0.15) is 0 Å². The molecule has 29 heavy (non-hydrogen) atoms. The van der Waals surface area contributed by atoms with Crippen molar-refractivity contribution in [2.75, 3.05) is 6.79 Å². The Labute approximate surface area is 169 Å². The molecule has 1 aliphatic carbocycles. The molecule has 0 atom stereocenters. The van der Waals surface area contributed by atoms with Crippen molar-refractivity contribution in [3.63, 3.8) is 0 Å². The van der Waals surface area contributed by atoms with Crippen LogP contribution in [0.4, 0.5) is 0 Å². The number of pyridine rings is 1. The van der Waals surface area contributed by atoms with Crippen molar-refractivity contribution in [1.82, 2.24) is 4.98 Å². The predicted molar refractivity (Wildman–Crippen MR) is 116 cm³/mol. The molecule has 0 bridgehead atoms. The van der Waals surface area contributed by atoms with Gasteiger partial charge in [0.15, 0.2) is 11.5 Å². The minimum Gasteiger partial charge on any atom is -0.454 e. The topological polar surface area (TPSA) is 31.4 Å². The summed E-state index contributed by atoms with van der Waals surface area (Å²) >= 11 is 0. The average molecular weight is 377 g/mol. The third-order valence-corrected chi connectivity index (χ3v) is 5.79. The van der Waals surface area contributed by atoms with E-state index >= 15 is 0 Å². The molecule has 0 fully saturated rings. The third-order valence-electron chi connectivity index (χ3n) is 5.79. The fraction of sp³-hybridized carbons (Fsp3) is 0.115. The van der Waals surface area contributed by atoms with Gasteiger partial charge in [-0.25, -0.2) is 0 Å². The highest BCUT2D eigenvalue weighted by atomic mass is 16.7. The Kier molecular flexibility index (Phi) is 3.36. The van der Waals surface area contributed by atoms with Crippen molar-refractivity contribution in [2.24, 2.45) is 0 Å². The van der Waals surface area contributed by atoms with Crippen LogP contribution < -0.4 is 9.47 Å². The molecule has 0 amide bonds. The third kappa shape index (κ3) is 2.47. The first-order valence-electron chi connectivity index (χ1n) is 9.81. The molecule has 3 aromatic carbocycles. The minimum atomic E-state index is 0.289. The van der Waals surface area contributed by atoms with Gasteiger partial charge in [-0.05, 0) is 89.2 Å². The molecule has 0 saturated carbocycles. The zero-order chi connectivity index (χ0) is 19.5. The highest BCUT2D eigenvalue weighted by Gasteiger charge is 2.24. The van der Waals surface area contributed by atoms with Gasteiger partial charge >= 0.3 is 0 Å². The van der Waals surface area contributed by atoms with Crippen molar-refractivity contribution in [1.29, 1.82) is 0 Å². The minimum absolute atomic E-state index is 0.289. The monoisotopic (exact) mass is 377 g/mol. The normalized spacial score (nSPS) is 15.0. The van der Waals surface area contributed by atoms with Crippen LogP contribution in [0.2, 0.25) is 0 Å². The Morgan fingerprint density at radius 2 is 1.62 bits per heavy atom. The largest absolute Gasteiger partial charge is 0.454 e. The Morgan fingerprint density at radius 3 is 2.52 bits per heavy atom. The fourth-order valence-corrected chi connectivity index (χ4v) is 4.48. The van der Waals surface area contributed by atoms with E-state index in [4.69, 9.17) is 14.5 Å². The second-order valence-electron chi connectivity index (χ2n) is 7.71. The summed E-state index contributed by atoms with van der Waals surface area (Å²) in [6, 6.07) is 21.4. The van der Waals surface area contributed by atoms with Crippen molar-refractivity contribution < 1.29 is 9.47 Å². The summed E-state index contributed by atoms with van der Waals surface area (Å²) in [4.78, 5) is 4.80. The molecule has 6 rings (SSSR count). The molecule has 140 valence electrons. The predicted octanol–water partition coefficient (Wildman–Crippen LogP) is 6.15. The van der Waals surface area contributed by atoms with Gasteiger partial charge in [0.2, 0.25) is 6.79 Å². The maximum absolute atomic E-state index is 5.57. The molecule has 0 N–H and O–H groups in total. The molecule has 1 aliphatic heterocycles. The quantitative estimate of drug-likeness (QED) is 0.351. The van der Waals surface area contributed by atoms with Gasteiger partial charge in [-0.3, -0.25) is 4.98 Å². The molecular formula is C26H19NO2. The summed E-state index contributed by atoms with van der Waals surface area (Å²) in [5.74, 6) is 1.61. The standard InChI is InChI=1S/C26H19NO2/c1-15-9-16(2)27-24-13-23-21(10-17-7-8-25-26(11-17)29-14-28-25)18-5-3-4-6-19(18)22(23)12-20(15)24/h3-13H,14H2,1-2H3/b21-10+. The zero-order valence-electron chi connectivity index (χ0n) is 16.3. The first-order valence-corrected chi connectivity index (χ1v) is 9.81. The van der Waals surface area contributed by atoms with Gasteiger partial charge in [-0.1, -0.05) is 30.3 Å². The van der Waals surface area contributed by atoms with E-state index < -0.39 is 0 Å². The van der Waals surface area contributed by atoms with Crippen molar-refractivity contribution in [2.45, 2.75) is 13.8 Å². The SMILES string of the molecule is Cc1cc(C)c2cc3c(cc2n1)/C(=C/c1ccc2c(c1)OCO2)c1ccccc1-3. The van der Waals surface area contributed by atoms with Crippen molar-refractivity contribution in [3.8, 4) is 22.6 Å². The molecule has 0 saturated heterocycles. The van der Waals surface area contributed by atoms with Crippen LogP contribution >= 0.6 is 0 Å². The lowest BCUT2D eigenvalue weighted by Crippen LogP contribution is -1.92. The highest BCUT2D eigenvalue weighted by Crippen LogP contribution is 2.47. The molecule has 0 spiro atoms. The summed E-state index contributed by atoms with van der Waals surface area (Å²) in [6.07, 6.45) is 2.24. The van der Waals surface area contributed by atoms with Crippen LogP contribution in [0.1, 0.15) is 27.9 Å². The lowest BCUT2D eigenvalue weighted by Gasteiger charge is -2.08. The Morgan fingerprint density at radius 1 is 0.793 bits per heavy atom. The maximum atomic E-state index is 5.57. The number of aromatic nitrogens is 1. The zero-order valence-corrected chi connectivity index (χ0v) is 16.3. The first-order chi connectivity index (χ1) is 14.2. The molecule has 0 radical (unpaired) electrons. The molecule has 3 heteroatoms. The maximum Gasteiger partial charge on any atom is 0.231 e. The van der Waals surface area contributed by atoms with E-state index in [2.05, 4.69) is 68.5 Å². The number of fused-ring (bicyclic) bond motifs is 5. The van der Waals surface area contributed by atoms with E-state index in [1.165, 1.54) is 38.8 Å². The van der Waals surface area contributed by atoms with Gasteiger partial charge in [0.25, 0.3) is 0 Å². The number of benzene rings is 3. The van der Waals surface area contributed by atoms with Crippen molar-refractivity contribution >= 4 is 22.6 Å². The molecule has 2 heterocycles.